The Morgan fingerprint density at radius 2 is 2.16 bits per heavy atom. The van der Waals surface area contributed by atoms with Gasteiger partial charge in [0.05, 0.1) is 13.0 Å². The average molecular weight is 318 g/mol. The van der Waals surface area contributed by atoms with Crippen molar-refractivity contribution < 1.29 is 4.79 Å². The number of nitrogens with two attached hydrogens (primary N) is 1. The van der Waals surface area contributed by atoms with Crippen LogP contribution in [-0.2, 0) is 17.8 Å². The quantitative estimate of drug-likeness (QED) is 0.866. The molecule has 19 heavy (non-hydrogen) atoms. The molecule has 0 radical (unpaired) electrons. The summed E-state index contributed by atoms with van der Waals surface area (Å²) in [6.45, 7) is 0.530. The number of anilines is 2. The summed E-state index contributed by atoms with van der Waals surface area (Å²) >= 11 is 3.39. The summed E-state index contributed by atoms with van der Waals surface area (Å²) in [5.41, 5.74) is 9.37. The summed E-state index contributed by atoms with van der Waals surface area (Å²) in [6, 6.07) is 7.56. The number of hydrogen-bond acceptors (Lipinski definition) is 3. The highest BCUT2D eigenvalue weighted by Crippen LogP contribution is 2.31. The number of nitrogen functional groups attached to an aromatic ring is 1. The van der Waals surface area contributed by atoms with Crippen molar-refractivity contribution in [2.24, 2.45) is 0 Å². The molecule has 2 N–H and O–H groups in total. The van der Waals surface area contributed by atoms with Crippen LogP contribution in [0.4, 0.5) is 11.4 Å². The Hall–Kier alpha value is -1.88. The second-order valence-corrected chi connectivity index (χ2v) is 5.47. The minimum absolute atomic E-state index is 0.0978. The van der Waals surface area contributed by atoms with Gasteiger partial charge in [-0.2, -0.15) is 0 Å². The fourth-order valence-corrected chi connectivity index (χ4v) is 2.71. The van der Waals surface area contributed by atoms with Crippen LogP contribution < -0.4 is 10.6 Å². The number of carbonyl (C=O) groups excluding carboxylic acids is 1. The summed E-state index contributed by atoms with van der Waals surface area (Å²) in [5.74, 6) is 0.0978. The minimum Gasteiger partial charge on any atom is -0.399 e. The van der Waals surface area contributed by atoms with Gasteiger partial charge in [-0.3, -0.25) is 9.78 Å². The molecule has 1 aliphatic heterocycles. The van der Waals surface area contributed by atoms with Crippen LogP contribution in [0.15, 0.2) is 41.1 Å². The molecule has 0 unspecified atom stereocenters. The molecule has 0 fully saturated rings. The fourth-order valence-electron chi connectivity index (χ4n) is 2.30. The molecule has 0 bridgehead atoms. The third-order valence-electron chi connectivity index (χ3n) is 3.14. The Bertz CT molecular complexity index is 657. The molecule has 5 heteroatoms. The van der Waals surface area contributed by atoms with E-state index in [0.717, 1.165) is 21.3 Å². The Kier molecular flexibility index (Phi) is 2.98. The molecular weight excluding hydrogens is 306 g/mol. The highest BCUT2D eigenvalue weighted by atomic mass is 79.9. The first-order chi connectivity index (χ1) is 9.13. The second kappa shape index (κ2) is 4.66. The molecule has 0 spiro atoms. The first-order valence-corrected chi connectivity index (χ1v) is 6.71. The maximum Gasteiger partial charge on any atom is 0.231 e. The number of amides is 1. The molecule has 1 aromatic carbocycles. The third kappa shape index (κ3) is 2.33. The minimum atomic E-state index is 0.0978. The second-order valence-electron chi connectivity index (χ2n) is 4.56. The molecule has 1 aromatic heterocycles. The Morgan fingerprint density at radius 3 is 2.95 bits per heavy atom. The zero-order chi connectivity index (χ0) is 13.4. The van der Waals surface area contributed by atoms with Crippen LogP contribution in [0, 0.1) is 0 Å². The van der Waals surface area contributed by atoms with E-state index in [1.807, 2.05) is 24.3 Å². The molecule has 1 aliphatic rings. The number of aromatic nitrogens is 1. The molecule has 4 nitrogen and oxygen atoms in total. The Labute approximate surface area is 119 Å². The number of hydrogen-bond donors (Lipinski definition) is 1. The maximum absolute atomic E-state index is 12.1. The summed E-state index contributed by atoms with van der Waals surface area (Å²) in [4.78, 5) is 18.0. The number of pyridine rings is 1. The molecule has 96 valence electrons. The number of halogens is 1. The molecule has 2 aromatic rings. The predicted molar refractivity (Wildman–Crippen MR) is 77.7 cm³/mol. The molecule has 0 aliphatic carbocycles. The van der Waals surface area contributed by atoms with Crippen molar-refractivity contribution in [3.05, 3.63) is 52.3 Å². The Balaban J connectivity index is 1.92. The van der Waals surface area contributed by atoms with Crippen molar-refractivity contribution in [2.45, 2.75) is 13.0 Å². The van der Waals surface area contributed by atoms with Crippen LogP contribution >= 0.6 is 15.9 Å². The number of nitrogens with zero attached hydrogens (tertiary/aromatic N) is 2. The van der Waals surface area contributed by atoms with Gasteiger partial charge in [0, 0.05) is 28.2 Å². The zero-order valence-electron chi connectivity index (χ0n) is 10.1. The summed E-state index contributed by atoms with van der Waals surface area (Å²) < 4.78 is 0.911. The molecule has 3 rings (SSSR count). The van der Waals surface area contributed by atoms with E-state index in [-0.39, 0.29) is 5.91 Å². The third-order valence-corrected chi connectivity index (χ3v) is 3.57. The number of fused-ring (bicyclic) bond motifs is 1. The van der Waals surface area contributed by atoms with E-state index in [9.17, 15) is 4.79 Å². The van der Waals surface area contributed by atoms with E-state index in [0.29, 0.717) is 18.7 Å². The number of carbonyl (C=O) groups is 1. The lowest BCUT2D eigenvalue weighted by Gasteiger charge is -2.17. The van der Waals surface area contributed by atoms with Crippen molar-refractivity contribution in [1.82, 2.24) is 4.98 Å². The van der Waals surface area contributed by atoms with Crippen LogP contribution in [0.1, 0.15) is 11.1 Å². The normalized spacial score (nSPS) is 13.7. The van der Waals surface area contributed by atoms with E-state index in [1.165, 1.54) is 0 Å². The molecule has 0 saturated carbocycles. The topological polar surface area (TPSA) is 59.2 Å². The highest BCUT2D eigenvalue weighted by Gasteiger charge is 2.27. The molecule has 0 atom stereocenters. The SMILES string of the molecule is Nc1ccc2c(c1)CC(=O)N2Cc1cncc(Br)c1. The van der Waals surface area contributed by atoms with Gasteiger partial charge >= 0.3 is 0 Å². The van der Waals surface area contributed by atoms with Gasteiger partial charge in [-0.25, -0.2) is 0 Å². The van der Waals surface area contributed by atoms with E-state index < -0.39 is 0 Å². The van der Waals surface area contributed by atoms with Gasteiger partial charge in [0.25, 0.3) is 0 Å². The van der Waals surface area contributed by atoms with Crippen molar-refractivity contribution >= 4 is 33.2 Å². The number of rotatable bonds is 2. The van der Waals surface area contributed by atoms with Gasteiger partial charge in [-0.05, 0) is 51.3 Å². The van der Waals surface area contributed by atoms with E-state index in [4.69, 9.17) is 5.73 Å². The summed E-state index contributed by atoms with van der Waals surface area (Å²) in [5, 5.41) is 0. The molecule has 1 amide bonds. The van der Waals surface area contributed by atoms with Gasteiger partial charge in [-0.1, -0.05) is 0 Å². The monoisotopic (exact) mass is 317 g/mol. The van der Waals surface area contributed by atoms with Crippen LogP contribution in [-0.4, -0.2) is 10.9 Å². The molecule has 0 saturated heterocycles. The van der Waals surface area contributed by atoms with E-state index >= 15 is 0 Å². The summed E-state index contributed by atoms with van der Waals surface area (Å²) in [6.07, 6.45) is 3.92. The van der Waals surface area contributed by atoms with Crippen LogP contribution in [0.25, 0.3) is 0 Å². The maximum atomic E-state index is 12.1. The largest absolute Gasteiger partial charge is 0.399 e. The summed E-state index contributed by atoms with van der Waals surface area (Å²) in [7, 11) is 0. The molecule has 2 heterocycles. The van der Waals surface area contributed by atoms with Crippen molar-refractivity contribution in [3.8, 4) is 0 Å². The lowest BCUT2D eigenvalue weighted by atomic mass is 10.1. The zero-order valence-corrected chi connectivity index (χ0v) is 11.7. The first-order valence-electron chi connectivity index (χ1n) is 5.92. The fraction of sp³-hybridized carbons (Fsp3) is 0.143. The van der Waals surface area contributed by atoms with Crippen molar-refractivity contribution in [1.29, 1.82) is 0 Å². The predicted octanol–water partition coefficient (Wildman–Crippen LogP) is 2.52. The lowest BCUT2D eigenvalue weighted by molar-refractivity contribution is -0.117. The van der Waals surface area contributed by atoms with E-state index in [1.54, 1.807) is 17.3 Å². The van der Waals surface area contributed by atoms with Gasteiger partial charge < -0.3 is 10.6 Å². The van der Waals surface area contributed by atoms with Gasteiger partial charge in [0.15, 0.2) is 0 Å². The van der Waals surface area contributed by atoms with Crippen molar-refractivity contribution in [2.75, 3.05) is 10.6 Å². The Morgan fingerprint density at radius 1 is 1.32 bits per heavy atom. The van der Waals surface area contributed by atoms with Crippen LogP contribution in [0.3, 0.4) is 0 Å². The van der Waals surface area contributed by atoms with Gasteiger partial charge in [0.2, 0.25) is 5.91 Å². The molecular formula is C14H12BrN3O. The van der Waals surface area contributed by atoms with Crippen molar-refractivity contribution in [3.63, 3.8) is 0 Å². The van der Waals surface area contributed by atoms with Gasteiger partial charge in [0.1, 0.15) is 0 Å². The average Bonchev–Trinajstić information content (AvgIpc) is 2.65. The van der Waals surface area contributed by atoms with Crippen LogP contribution in [0.5, 0.6) is 0 Å². The van der Waals surface area contributed by atoms with E-state index in [2.05, 4.69) is 20.9 Å². The number of benzene rings is 1. The van der Waals surface area contributed by atoms with Gasteiger partial charge in [-0.15, -0.1) is 0 Å². The first kappa shape index (κ1) is 12.2. The lowest BCUT2D eigenvalue weighted by Crippen LogP contribution is -2.26. The highest BCUT2D eigenvalue weighted by molar-refractivity contribution is 9.10. The standard InChI is InChI=1S/C14H12BrN3O/c15-11-3-9(6-17-7-11)8-18-13-2-1-12(16)4-10(13)5-14(18)19/h1-4,6-7H,5,8,16H2. The smallest absolute Gasteiger partial charge is 0.231 e. The van der Waals surface area contributed by atoms with Crippen LogP contribution in [0.2, 0.25) is 0 Å².